The third kappa shape index (κ3) is 1.52. The van der Waals surface area contributed by atoms with Gasteiger partial charge in [-0.2, -0.15) is 5.10 Å². The number of nitrogens with zero attached hydrogens (tertiary/aromatic N) is 1. The number of hydrogen-bond donors (Lipinski definition) is 2. The highest BCUT2D eigenvalue weighted by Crippen LogP contribution is 2.19. The first-order valence-corrected chi connectivity index (χ1v) is 5.01. The first kappa shape index (κ1) is 9.24. The van der Waals surface area contributed by atoms with Crippen LogP contribution in [0, 0.1) is 13.8 Å². The average Bonchev–Trinajstić information content (AvgIpc) is 2.39. The van der Waals surface area contributed by atoms with E-state index in [0.717, 1.165) is 24.2 Å². The SMILES string of the molecule is Cc1n[nH]c(C)c1C(=O)NC1CCC1. The lowest BCUT2D eigenvalue weighted by Crippen LogP contribution is -2.39. The van der Waals surface area contributed by atoms with Gasteiger partial charge >= 0.3 is 0 Å². The maximum atomic E-state index is 11.8. The lowest BCUT2D eigenvalue weighted by Gasteiger charge is -2.26. The van der Waals surface area contributed by atoms with Crippen LogP contribution in [0.2, 0.25) is 0 Å². The molecule has 0 radical (unpaired) electrons. The summed E-state index contributed by atoms with van der Waals surface area (Å²) in [5.74, 6) is 0.0125. The summed E-state index contributed by atoms with van der Waals surface area (Å²) in [4.78, 5) is 11.8. The molecule has 2 rings (SSSR count). The van der Waals surface area contributed by atoms with Crippen LogP contribution in [-0.4, -0.2) is 22.1 Å². The van der Waals surface area contributed by atoms with Crippen LogP contribution in [0.3, 0.4) is 0 Å². The molecule has 1 aromatic heterocycles. The van der Waals surface area contributed by atoms with E-state index in [2.05, 4.69) is 15.5 Å². The van der Waals surface area contributed by atoms with Gasteiger partial charge in [-0.05, 0) is 33.1 Å². The summed E-state index contributed by atoms with van der Waals surface area (Å²) in [5.41, 5.74) is 2.33. The smallest absolute Gasteiger partial charge is 0.255 e. The second kappa shape index (κ2) is 3.44. The fourth-order valence-electron chi connectivity index (χ4n) is 1.70. The number of aromatic nitrogens is 2. The van der Waals surface area contributed by atoms with Crippen LogP contribution in [-0.2, 0) is 0 Å². The number of H-pyrrole nitrogens is 1. The van der Waals surface area contributed by atoms with Crippen LogP contribution >= 0.6 is 0 Å². The Kier molecular flexibility index (Phi) is 2.27. The predicted octanol–water partition coefficient (Wildman–Crippen LogP) is 1.31. The first-order chi connectivity index (χ1) is 6.68. The van der Waals surface area contributed by atoms with Crippen molar-refractivity contribution in [1.29, 1.82) is 0 Å². The number of carbonyl (C=O) groups excluding carboxylic acids is 1. The zero-order valence-electron chi connectivity index (χ0n) is 8.55. The van der Waals surface area contributed by atoms with Gasteiger partial charge in [-0.25, -0.2) is 0 Å². The molecule has 1 aliphatic rings. The molecule has 14 heavy (non-hydrogen) atoms. The van der Waals surface area contributed by atoms with E-state index < -0.39 is 0 Å². The van der Waals surface area contributed by atoms with Crippen molar-refractivity contribution in [3.05, 3.63) is 17.0 Å². The first-order valence-electron chi connectivity index (χ1n) is 5.01. The summed E-state index contributed by atoms with van der Waals surface area (Å²) in [6.45, 7) is 3.72. The molecule has 76 valence electrons. The van der Waals surface area contributed by atoms with Crippen molar-refractivity contribution < 1.29 is 4.79 Å². The van der Waals surface area contributed by atoms with Crippen LogP contribution in [0.25, 0.3) is 0 Å². The molecule has 0 bridgehead atoms. The second-order valence-electron chi connectivity index (χ2n) is 3.91. The van der Waals surface area contributed by atoms with Crippen LogP contribution in [0.15, 0.2) is 0 Å². The number of carbonyl (C=O) groups is 1. The molecule has 0 aromatic carbocycles. The van der Waals surface area contributed by atoms with Crippen LogP contribution in [0.5, 0.6) is 0 Å². The Labute approximate surface area is 83.1 Å². The largest absolute Gasteiger partial charge is 0.349 e. The number of nitrogens with one attached hydrogen (secondary N) is 2. The number of aryl methyl sites for hydroxylation is 2. The Morgan fingerprint density at radius 1 is 1.50 bits per heavy atom. The number of rotatable bonds is 2. The number of amides is 1. The predicted molar refractivity (Wildman–Crippen MR) is 53.2 cm³/mol. The molecule has 1 saturated carbocycles. The number of aromatic amines is 1. The molecule has 1 heterocycles. The van der Waals surface area contributed by atoms with Gasteiger partial charge in [0.1, 0.15) is 0 Å². The van der Waals surface area contributed by atoms with Gasteiger partial charge in [0.25, 0.3) is 5.91 Å². The van der Waals surface area contributed by atoms with E-state index in [1.807, 2.05) is 13.8 Å². The molecular formula is C10H15N3O. The van der Waals surface area contributed by atoms with E-state index in [4.69, 9.17) is 0 Å². The second-order valence-corrected chi connectivity index (χ2v) is 3.91. The van der Waals surface area contributed by atoms with Gasteiger partial charge in [0, 0.05) is 11.7 Å². The van der Waals surface area contributed by atoms with Crippen molar-refractivity contribution in [1.82, 2.24) is 15.5 Å². The fraction of sp³-hybridized carbons (Fsp3) is 0.600. The normalized spacial score (nSPS) is 16.4. The van der Waals surface area contributed by atoms with E-state index in [1.165, 1.54) is 6.42 Å². The third-order valence-electron chi connectivity index (χ3n) is 2.80. The minimum Gasteiger partial charge on any atom is -0.349 e. The summed E-state index contributed by atoms with van der Waals surface area (Å²) in [6.07, 6.45) is 3.46. The molecule has 4 nitrogen and oxygen atoms in total. The monoisotopic (exact) mass is 193 g/mol. The van der Waals surface area contributed by atoms with E-state index in [1.54, 1.807) is 0 Å². The van der Waals surface area contributed by atoms with Crippen molar-refractivity contribution in [2.75, 3.05) is 0 Å². The quantitative estimate of drug-likeness (QED) is 0.744. The Bertz CT molecular complexity index is 333. The van der Waals surface area contributed by atoms with E-state index in [-0.39, 0.29) is 5.91 Å². The van der Waals surface area contributed by atoms with Gasteiger partial charge < -0.3 is 5.32 Å². The molecule has 1 fully saturated rings. The Morgan fingerprint density at radius 2 is 2.21 bits per heavy atom. The molecule has 1 aromatic rings. The Balaban J connectivity index is 2.09. The highest BCUT2D eigenvalue weighted by Gasteiger charge is 2.22. The van der Waals surface area contributed by atoms with Crippen LogP contribution in [0.1, 0.15) is 41.0 Å². The summed E-state index contributed by atoms with van der Waals surface area (Å²) < 4.78 is 0. The zero-order valence-corrected chi connectivity index (χ0v) is 8.55. The standard InChI is InChI=1S/C10H15N3O/c1-6-9(7(2)13-12-6)10(14)11-8-4-3-5-8/h8H,3-5H2,1-2H3,(H,11,14)(H,12,13). The third-order valence-corrected chi connectivity index (χ3v) is 2.80. The lowest BCUT2D eigenvalue weighted by molar-refractivity contribution is 0.0916. The Morgan fingerprint density at radius 3 is 2.64 bits per heavy atom. The lowest BCUT2D eigenvalue weighted by atomic mass is 9.93. The molecule has 0 spiro atoms. The van der Waals surface area contributed by atoms with Gasteiger partial charge in [0.05, 0.1) is 11.3 Å². The summed E-state index contributed by atoms with van der Waals surface area (Å²) in [7, 11) is 0. The van der Waals surface area contributed by atoms with Crippen molar-refractivity contribution in [2.45, 2.75) is 39.2 Å². The van der Waals surface area contributed by atoms with Crippen LogP contribution < -0.4 is 5.32 Å². The van der Waals surface area contributed by atoms with Crippen molar-refractivity contribution in [3.8, 4) is 0 Å². The maximum Gasteiger partial charge on any atom is 0.255 e. The number of hydrogen-bond acceptors (Lipinski definition) is 2. The van der Waals surface area contributed by atoms with Crippen molar-refractivity contribution >= 4 is 5.91 Å². The maximum absolute atomic E-state index is 11.8. The molecule has 0 atom stereocenters. The molecule has 1 amide bonds. The average molecular weight is 193 g/mol. The van der Waals surface area contributed by atoms with Gasteiger partial charge in [0.2, 0.25) is 0 Å². The summed E-state index contributed by atoms with van der Waals surface area (Å²) >= 11 is 0. The Hall–Kier alpha value is -1.32. The minimum atomic E-state index is 0.0125. The van der Waals surface area contributed by atoms with E-state index >= 15 is 0 Å². The highest BCUT2D eigenvalue weighted by molar-refractivity contribution is 5.96. The highest BCUT2D eigenvalue weighted by atomic mass is 16.1. The molecule has 0 unspecified atom stereocenters. The van der Waals surface area contributed by atoms with Crippen molar-refractivity contribution in [2.24, 2.45) is 0 Å². The summed E-state index contributed by atoms with van der Waals surface area (Å²) in [5, 5.41) is 9.82. The topological polar surface area (TPSA) is 57.8 Å². The molecule has 1 aliphatic carbocycles. The van der Waals surface area contributed by atoms with Gasteiger partial charge in [-0.1, -0.05) is 0 Å². The van der Waals surface area contributed by atoms with Gasteiger partial charge in [0.15, 0.2) is 0 Å². The molecule has 0 aliphatic heterocycles. The van der Waals surface area contributed by atoms with Crippen LogP contribution in [0.4, 0.5) is 0 Å². The van der Waals surface area contributed by atoms with Crippen molar-refractivity contribution in [3.63, 3.8) is 0 Å². The minimum absolute atomic E-state index is 0.0125. The van der Waals surface area contributed by atoms with Gasteiger partial charge in [-0.15, -0.1) is 0 Å². The van der Waals surface area contributed by atoms with E-state index in [0.29, 0.717) is 11.6 Å². The summed E-state index contributed by atoms with van der Waals surface area (Å²) in [6, 6.07) is 0.385. The fourth-order valence-corrected chi connectivity index (χ4v) is 1.70. The molecule has 4 heteroatoms. The molecule has 0 saturated heterocycles. The van der Waals surface area contributed by atoms with E-state index in [9.17, 15) is 4.79 Å². The molecule has 2 N–H and O–H groups in total. The zero-order chi connectivity index (χ0) is 10.1. The van der Waals surface area contributed by atoms with Gasteiger partial charge in [-0.3, -0.25) is 9.89 Å². The molecular weight excluding hydrogens is 178 g/mol.